The molecule has 26 heavy (non-hydrogen) atoms. The van der Waals surface area contributed by atoms with E-state index in [2.05, 4.69) is 26.5 Å². The zero-order chi connectivity index (χ0) is 18.9. The molecule has 1 amide bonds. The van der Waals surface area contributed by atoms with E-state index >= 15 is 0 Å². The second-order valence-corrected chi connectivity index (χ2v) is 6.39. The van der Waals surface area contributed by atoms with Gasteiger partial charge in [-0.25, -0.2) is 5.43 Å². The molecule has 8 heteroatoms. The van der Waals surface area contributed by atoms with Crippen molar-refractivity contribution in [3.8, 4) is 5.75 Å². The first-order chi connectivity index (χ1) is 12.5. The predicted molar refractivity (Wildman–Crippen MR) is 102 cm³/mol. The molecule has 0 atom stereocenters. The summed E-state index contributed by atoms with van der Waals surface area (Å²) in [6.07, 6.45) is 2.17. The first kappa shape index (κ1) is 19.6. The van der Waals surface area contributed by atoms with Crippen LogP contribution in [0.15, 0.2) is 52.0 Å². The van der Waals surface area contributed by atoms with Crippen LogP contribution >= 0.6 is 15.9 Å². The van der Waals surface area contributed by atoms with Gasteiger partial charge in [-0.05, 0) is 47.0 Å². The maximum Gasteiger partial charge on any atom is 0.270 e. The summed E-state index contributed by atoms with van der Waals surface area (Å²) < 4.78 is 6.50. The zero-order valence-electron chi connectivity index (χ0n) is 14.1. The molecule has 1 N–H and O–H groups in total. The number of aryl methyl sites for hydroxylation is 1. The van der Waals surface area contributed by atoms with E-state index in [-0.39, 0.29) is 18.0 Å². The molecule has 0 saturated carbocycles. The standard InChI is InChI=1S/C18H18BrN3O4/c1-13-7-8-17(16(19)10-13)26-9-3-6-18(23)21-20-12-14-4-2-5-15(11-14)22(24)25/h2,4-5,7-8,10-12H,3,6,9H2,1H3,(H,21,23)/b20-12+. The minimum Gasteiger partial charge on any atom is -0.492 e. The summed E-state index contributed by atoms with van der Waals surface area (Å²) in [6.45, 7) is 2.40. The molecular weight excluding hydrogens is 402 g/mol. The fourth-order valence-corrected chi connectivity index (χ4v) is 2.70. The van der Waals surface area contributed by atoms with Crippen molar-refractivity contribution in [2.45, 2.75) is 19.8 Å². The van der Waals surface area contributed by atoms with Gasteiger partial charge >= 0.3 is 0 Å². The SMILES string of the molecule is Cc1ccc(OCCCC(=O)N/N=C/c2cccc([N+](=O)[O-])c2)c(Br)c1. The molecular formula is C18H18BrN3O4. The molecule has 2 aromatic carbocycles. The lowest BCUT2D eigenvalue weighted by molar-refractivity contribution is -0.384. The van der Waals surface area contributed by atoms with Crippen LogP contribution in [0.25, 0.3) is 0 Å². The highest BCUT2D eigenvalue weighted by Gasteiger charge is 2.05. The largest absolute Gasteiger partial charge is 0.492 e. The highest BCUT2D eigenvalue weighted by molar-refractivity contribution is 9.10. The third-order valence-electron chi connectivity index (χ3n) is 3.38. The van der Waals surface area contributed by atoms with Gasteiger partial charge in [-0.2, -0.15) is 5.10 Å². The van der Waals surface area contributed by atoms with Gasteiger partial charge in [-0.3, -0.25) is 14.9 Å². The Balaban J connectivity index is 1.72. The summed E-state index contributed by atoms with van der Waals surface area (Å²) in [5.41, 5.74) is 4.03. The first-order valence-corrected chi connectivity index (χ1v) is 8.70. The molecule has 0 saturated heterocycles. The first-order valence-electron chi connectivity index (χ1n) is 7.91. The number of non-ortho nitro benzene ring substituents is 1. The van der Waals surface area contributed by atoms with Gasteiger partial charge in [0.05, 0.1) is 22.2 Å². The highest BCUT2D eigenvalue weighted by Crippen LogP contribution is 2.25. The van der Waals surface area contributed by atoms with Gasteiger partial charge in [-0.1, -0.05) is 18.2 Å². The van der Waals surface area contributed by atoms with E-state index in [4.69, 9.17) is 4.74 Å². The van der Waals surface area contributed by atoms with Crippen LogP contribution < -0.4 is 10.2 Å². The molecule has 136 valence electrons. The lowest BCUT2D eigenvalue weighted by Gasteiger charge is -2.08. The Bertz CT molecular complexity index is 824. The number of hydrogen-bond acceptors (Lipinski definition) is 5. The Hall–Kier alpha value is -2.74. The Morgan fingerprint density at radius 2 is 2.15 bits per heavy atom. The molecule has 0 aromatic heterocycles. The quantitative estimate of drug-likeness (QED) is 0.303. The number of nitro groups is 1. The predicted octanol–water partition coefficient (Wildman–Crippen LogP) is 3.98. The van der Waals surface area contributed by atoms with Crippen LogP contribution in [0.5, 0.6) is 5.75 Å². The number of rotatable bonds is 8. The minimum absolute atomic E-state index is 0.0281. The van der Waals surface area contributed by atoms with E-state index in [1.165, 1.54) is 18.3 Å². The number of nitrogens with one attached hydrogen (secondary N) is 1. The Morgan fingerprint density at radius 1 is 1.35 bits per heavy atom. The van der Waals surface area contributed by atoms with Crippen molar-refractivity contribution < 1.29 is 14.5 Å². The van der Waals surface area contributed by atoms with E-state index < -0.39 is 4.92 Å². The Morgan fingerprint density at radius 3 is 2.88 bits per heavy atom. The van der Waals surface area contributed by atoms with Crippen molar-refractivity contribution in [1.29, 1.82) is 0 Å². The lowest BCUT2D eigenvalue weighted by Crippen LogP contribution is -2.18. The molecule has 0 aliphatic rings. The fourth-order valence-electron chi connectivity index (χ4n) is 2.09. The molecule has 0 heterocycles. The second-order valence-electron chi connectivity index (χ2n) is 5.53. The number of carbonyl (C=O) groups is 1. The van der Waals surface area contributed by atoms with Crippen LogP contribution in [-0.2, 0) is 4.79 Å². The smallest absolute Gasteiger partial charge is 0.270 e. The monoisotopic (exact) mass is 419 g/mol. The summed E-state index contributed by atoms with van der Waals surface area (Å²) in [7, 11) is 0. The second kappa shape index (κ2) is 9.67. The Kier molecular flexibility index (Phi) is 7.28. The zero-order valence-corrected chi connectivity index (χ0v) is 15.7. The van der Waals surface area contributed by atoms with E-state index in [0.29, 0.717) is 18.6 Å². The van der Waals surface area contributed by atoms with Crippen LogP contribution in [0, 0.1) is 17.0 Å². The van der Waals surface area contributed by atoms with Crippen molar-refractivity contribution >= 4 is 33.7 Å². The lowest BCUT2D eigenvalue weighted by atomic mass is 10.2. The molecule has 2 aromatic rings. The number of hydrogen-bond donors (Lipinski definition) is 1. The number of nitrogens with zero attached hydrogens (tertiary/aromatic N) is 2. The van der Waals surface area contributed by atoms with Gasteiger partial charge in [0.15, 0.2) is 0 Å². The molecule has 0 bridgehead atoms. The molecule has 0 unspecified atom stereocenters. The molecule has 0 aliphatic heterocycles. The van der Waals surface area contributed by atoms with Gasteiger partial charge < -0.3 is 4.74 Å². The number of nitro benzene ring substituents is 1. The number of hydrazone groups is 1. The average Bonchev–Trinajstić information content (AvgIpc) is 2.60. The fraction of sp³-hybridized carbons (Fsp3) is 0.222. The highest BCUT2D eigenvalue weighted by atomic mass is 79.9. The summed E-state index contributed by atoms with van der Waals surface area (Å²) >= 11 is 3.43. The topological polar surface area (TPSA) is 93.8 Å². The molecule has 0 aliphatic carbocycles. The van der Waals surface area contributed by atoms with Gasteiger partial charge in [0.1, 0.15) is 5.75 Å². The number of halogens is 1. The van der Waals surface area contributed by atoms with E-state index in [0.717, 1.165) is 15.8 Å². The van der Waals surface area contributed by atoms with Crippen LogP contribution in [0.3, 0.4) is 0 Å². The summed E-state index contributed by atoms with van der Waals surface area (Å²) in [6, 6.07) is 11.8. The molecule has 0 spiro atoms. The van der Waals surface area contributed by atoms with E-state index in [9.17, 15) is 14.9 Å². The number of carbonyl (C=O) groups excluding carboxylic acids is 1. The summed E-state index contributed by atoms with van der Waals surface area (Å²) in [4.78, 5) is 21.9. The molecule has 7 nitrogen and oxygen atoms in total. The third-order valence-corrected chi connectivity index (χ3v) is 4.00. The van der Waals surface area contributed by atoms with Crippen LogP contribution in [0.1, 0.15) is 24.0 Å². The van der Waals surface area contributed by atoms with E-state index in [1.807, 2.05) is 25.1 Å². The maximum atomic E-state index is 11.7. The van der Waals surface area contributed by atoms with Gasteiger partial charge in [0.25, 0.3) is 5.69 Å². The van der Waals surface area contributed by atoms with Crippen molar-refractivity contribution in [1.82, 2.24) is 5.43 Å². The van der Waals surface area contributed by atoms with Crippen molar-refractivity contribution in [2.24, 2.45) is 5.10 Å². The van der Waals surface area contributed by atoms with Gasteiger partial charge in [-0.15, -0.1) is 0 Å². The van der Waals surface area contributed by atoms with E-state index in [1.54, 1.807) is 12.1 Å². The van der Waals surface area contributed by atoms with Gasteiger partial charge in [0, 0.05) is 24.1 Å². The Labute approximate surface area is 159 Å². The molecule has 0 fully saturated rings. The number of amides is 1. The maximum absolute atomic E-state index is 11.7. The van der Waals surface area contributed by atoms with Crippen molar-refractivity contribution in [3.63, 3.8) is 0 Å². The number of ether oxygens (including phenoxy) is 1. The molecule has 2 rings (SSSR count). The van der Waals surface area contributed by atoms with Gasteiger partial charge in [0.2, 0.25) is 5.91 Å². The van der Waals surface area contributed by atoms with Crippen molar-refractivity contribution in [3.05, 3.63) is 68.2 Å². The summed E-state index contributed by atoms with van der Waals surface area (Å²) in [5.74, 6) is 0.484. The normalized spacial score (nSPS) is 10.7. The average molecular weight is 420 g/mol. The number of benzene rings is 2. The van der Waals surface area contributed by atoms with Crippen LogP contribution in [0.2, 0.25) is 0 Å². The van der Waals surface area contributed by atoms with Crippen LogP contribution in [-0.4, -0.2) is 23.7 Å². The minimum atomic E-state index is -0.484. The molecule has 0 radical (unpaired) electrons. The summed E-state index contributed by atoms with van der Waals surface area (Å²) in [5, 5.41) is 14.5. The van der Waals surface area contributed by atoms with Crippen molar-refractivity contribution in [2.75, 3.05) is 6.61 Å². The third kappa shape index (κ3) is 6.29. The van der Waals surface area contributed by atoms with Crippen LogP contribution in [0.4, 0.5) is 5.69 Å².